The maximum Gasteiger partial charge on any atom is 0.0378 e. The third-order valence-corrected chi connectivity index (χ3v) is 2.63. The first-order chi connectivity index (χ1) is 8.12. The van der Waals surface area contributed by atoms with Crippen LogP contribution in [0.15, 0.2) is 48.1 Å². The zero-order chi connectivity index (χ0) is 14.4. The number of rotatable bonds is 5. The molecule has 0 atom stereocenters. The van der Waals surface area contributed by atoms with E-state index in [0.717, 1.165) is 0 Å². The van der Waals surface area contributed by atoms with Gasteiger partial charge in [-0.15, -0.1) is 0 Å². The minimum atomic E-state index is -0.0437. The van der Waals surface area contributed by atoms with E-state index in [0.29, 0.717) is 0 Å². The summed E-state index contributed by atoms with van der Waals surface area (Å²) >= 11 is 0. The van der Waals surface area contributed by atoms with Gasteiger partial charge in [0.15, 0.2) is 0 Å². The third-order valence-electron chi connectivity index (χ3n) is 2.63. The van der Waals surface area contributed by atoms with E-state index in [-0.39, 0.29) is 11.1 Å². The molecule has 0 amide bonds. The Kier molecular flexibility index (Phi) is 6.34. The van der Waals surface area contributed by atoms with Crippen molar-refractivity contribution in [1.29, 1.82) is 0 Å². The van der Waals surface area contributed by atoms with Gasteiger partial charge in [-0.2, -0.15) is 0 Å². The highest BCUT2D eigenvalue weighted by Gasteiger charge is 2.25. The van der Waals surface area contributed by atoms with Crippen molar-refractivity contribution in [3.05, 3.63) is 48.1 Å². The molecule has 1 N–H and O–H groups in total. The van der Waals surface area contributed by atoms with Crippen molar-refractivity contribution in [2.45, 2.75) is 59.5 Å². The molecule has 0 aromatic rings. The van der Waals surface area contributed by atoms with Crippen molar-refractivity contribution in [1.82, 2.24) is 5.32 Å². The molecule has 0 aliphatic heterocycles. The molecule has 0 saturated carbocycles. The summed E-state index contributed by atoms with van der Waals surface area (Å²) in [6.07, 6.45) is 10.3. The van der Waals surface area contributed by atoms with Gasteiger partial charge >= 0.3 is 0 Å². The molecule has 0 radical (unpaired) electrons. The Morgan fingerprint density at radius 2 is 1.61 bits per heavy atom. The second kappa shape index (κ2) is 6.75. The van der Waals surface area contributed by atoms with E-state index < -0.39 is 0 Å². The van der Waals surface area contributed by atoms with E-state index in [4.69, 9.17) is 0 Å². The Morgan fingerprint density at radius 1 is 1.06 bits per heavy atom. The zero-order valence-corrected chi connectivity index (χ0v) is 13.1. The van der Waals surface area contributed by atoms with Crippen LogP contribution in [0.25, 0.3) is 0 Å². The van der Waals surface area contributed by atoms with Crippen molar-refractivity contribution in [2.75, 3.05) is 0 Å². The molecule has 0 aliphatic rings. The van der Waals surface area contributed by atoms with E-state index in [1.807, 2.05) is 12.2 Å². The fourth-order valence-electron chi connectivity index (χ4n) is 2.14. The van der Waals surface area contributed by atoms with E-state index >= 15 is 0 Å². The summed E-state index contributed by atoms with van der Waals surface area (Å²) in [6, 6.07) is 0. The molecule has 1 heteroatoms. The van der Waals surface area contributed by atoms with Crippen LogP contribution in [0.5, 0.6) is 0 Å². The van der Waals surface area contributed by atoms with E-state index in [1.165, 1.54) is 11.1 Å². The number of nitrogens with one attached hydrogen (secondary N) is 1. The average Bonchev–Trinajstić information content (AvgIpc) is 2.14. The van der Waals surface area contributed by atoms with Crippen LogP contribution in [0.1, 0.15) is 48.5 Å². The summed E-state index contributed by atoms with van der Waals surface area (Å²) in [7, 11) is 0. The SMILES string of the molecule is C=C\C=C(C)/C=C\C(=C/C)C(C)(C)NC(C)(C)C. The molecular formula is C17H29N. The molecule has 0 unspecified atom stereocenters. The number of hydrogen-bond donors (Lipinski definition) is 1. The molecule has 0 bridgehead atoms. The van der Waals surface area contributed by atoms with Gasteiger partial charge in [0, 0.05) is 11.1 Å². The summed E-state index contributed by atoms with van der Waals surface area (Å²) in [6.45, 7) is 18.9. The van der Waals surface area contributed by atoms with Crippen molar-refractivity contribution in [3.8, 4) is 0 Å². The van der Waals surface area contributed by atoms with E-state index in [1.54, 1.807) is 0 Å². The Hall–Kier alpha value is -1.08. The standard InChI is InChI=1S/C17H29N/c1-9-11-14(3)12-13-15(10-2)17(7,8)18-16(4,5)6/h9-13,18H,1H2,2-8H3/b13-12-,14-11-,15-10+. The molecule has 0 aromatic heterocycles. The van der Waals surface area contributed by atoms with Crippen LogP contribution in [-0.2, 0) is 0 Å². The highest BCUT2D eigenvalue weighted by atomic mass is 15.0. The number of allylic oxidation sites excluding steroid dienone is 5. The van der Waals surface area contributed by atoms with Crippen LogP contribution in [0.4, 0.5) is 0 Å². The lowest BCUT2D eigenvalue weighted by molar-refractivity contribution is 0.321. The molecule has 0 heterocycles. The van der Waals surface area contributed by atoms with Crippen molar-refractivity contribution >= 4 is 0 Å². The fourth-order valence-corrected chi connectivity index (χ4v) is 2.14. The first-order valence-electron chi connectivity index (χ1n) is 6.56. The Balaban J connectivity index is 5.00. The summed E-state index contributed by atoms with van der Waals surface area (Å²) in [5.41, 5.74) is 2.54. The Bertz CT molecular complexity index is 360. The second-order valence-corrected chi connectivity index (χ2v) is 6.22. The van der Waals surface area contributed by atoms with Gasteiger partial charge in [0.05, 0.1) is 0 Å². The molecule has 0 aromatic carbocycles. The van der Waals surface area contributed by atoms with Crippen molar-refractivity contribution in [3.63, 3.8) is 0 Å². The van der Waals surface area contributed by atoms with Gasteiger partial charge in [-0.3, -0.25) is 0 Å². The summed E-state index contributed by atoms with van der Waals surface area (Å²) in [5, 5.41) is 3.64. The topological polar surface area (TPSA) is 12.0 Å². The van der Waals surface area contributed by atoms with Crippen molar-refractivity contribution in [2.24, 2.45) is 0 Å². The molecule has 1 nitrogen and oxygen atoms in total. The van der Waals surface area contributed by atoms with E-state index in [9.17, 15) is 0 Å². The van der Waals surface area contributed by atoms with Gasteiger partial charge in [0.25, 0.3) is 0 Å². The molecule has 0 saturated heterocycles. The maximum atomic E-state index is 3.71. The molecule has 0 fully saturated rings. The molecule has 0 rings (SSSR count). The Labute approximate surface area is 113 Å². The third kappa shape index (κ3) is 6.61. The zero-order valence-electron chi connectivity index (χ0n) is 13.1. The Morgan fingerprint density at radius 3 is 2.00 bits per heavy atom. The van der Waals surface area contributed by atoms with Crippen LogP contribution < -0.4 is 5.32 Å². The molecule has 102 valence electrons. The van der Waals surface area contributed by atoms with Gasteiger partial charge in [0.2, 0.25) is 0 Å². The smallest absolute Gasteiger partial charge is 0.0378 e. The van der Waals surface area contributed by atoms with Gasteiger partial charge in [0.1, 0.15) is 0 Å². The van der Waals surface area contributed by atoms with Crippen LogP contribution in [0, 0.1) is 0 Å². The first-order valence-corrected chi connectivity index (χ1v) is 6.56. The minimum Gasteiger partial charge on any atom is -0.303 e. The summed E-state index contributed by atoms with van der Waals surface area (Å²) in [5.74, 6) is 0. The van der Waals surface area contributed by atoms with Gasteiger partial charge in [-0.25, -0.2) is 0 Å². The van der Waals surface area contributed by atoms with Crippen LogP contribution in [0.2, 0.25) is 0 Å². The lowest BCUT2D eigenvalue weighted by Gasteiger charge is -2.36. The normalized spacial score (nSPS) is 15.3. The molecule has 18 heavy (non-hydrogen) atoms. The quantitative estimate of drug-likeness (QED) is 0.689. The van der Waals surface area contributed by atoms with Crippen LogP contribution in [0.3, 0.4) is 0 Å². The second-order valence-electron chi connectivity index (χ2n) is 6.22. The highest BCUT2D eigenvalue weighted by molar-refractivity contribution is 5.34. The van der Waals surface area contributed by atoms with Crippen molar-refractivity contribution < 1.29 is 0 Å². The van der Waals surface area contributed by atoms with Gasteiger partial charge in [-0.1, -0.05) is 42.5 Å². The predicted octanol–water partition coefficient (Wildman–Crippen LogP) is 4.79. The monoisotopic (exact) mass is 247 g/mol. The lowest BCUT2D eigenvalue weighted by Crippen LogP contribution is -2.51. The van der Waals surface area contributed by atoms with Crippen LogP contribution >= 0.6 is 0 Å². The lowest BCUT2D eigenvalue weighted by atomic mass is 9.89. The summed E-state index contributed by atoms with van der Waals surface area (Å²) in [4.78, 5) is 0. The number of hydrogen-bond acceptors (Lipinski definition) is 1. The molecule has 0 spiro atoms. The predicted molar refractivity (Wildman–Crippen MR) is 83.8 cm³/mol. The maximum absolute atomic E-state index is 3.71. The molecule has 0 aliphatic carbocycles. The molecular weight excluding hydrogens is 218 g/mol. The first kappa shape index (κ1) is 16.9. The van der Waals surface area contributed by atoms with Gasteiger partial charge < -0.3 is 5.32 Å². The largest absolute Gasteiger partial charge is 0.303 e. The van der Waals surface area contributed by atoms with Crippen LogP contribution in [-0.4, -0.2) is 11.1 Å². The fraction of sp³-hybridized carbons (Fsp3) is 0.529. The highest BCUT2D eigenvalue weighted by Crippen LogP contribution is 2.21. The van der Waals surface area contributed by atoms with Gasteiger partial charge in [-0.05, 0) is 54.0 Å². The average molecular weight is 247 g/mol. The minimum absolute atomic E-state index is 0.0437. The van der Waals surface area contributed by atoms with E-state index in [2.05, 4.69) is 78.6 Å². The summed E-state index contributed by atoms with van der Waals surface area (Å²) < 4.78 is 0.